The molecule has 7 heteroatoms. The molecule has 1 aromatic carbocycles. The summed E-state index contributed by atoms with van der Waals surface area (Å²) in [4.78, 5) is 23.6. The van der Waals surface area contributed by atoms with Gasteiger partial charge in [-0.25, -0.2) is 14.4 Å². The monoisotopic (exact) mass is 379 g/mol. The zero-order valence-electron chi connectivity index (χ0n) is 16.0. The van der Waals surface area contributed by atoms with Crippen molar-refractivity contribution in [3.8, 4) is 11.4 Å². The molecule has 0 aliphatic carbocycles. The van der Waals surface area contributed by atoms with Gasteiger partial charge in [0.05, 0.1) is 17.9 Å². The van der Waals surface area contributed by atoms with Gasteiger partial charge in [0, 0.05) is 38.2 Å². The molecule has 6 nitrogen and oxygen atoms in total. The Morgan fingerprint density at radius 1 is 1.18 bits per heavy atom. The predicted octanol–water partition coefficient (Wildman–Crippen LogP) is 2.90. The maximum absolute atomic E-state index is 13.2. The lowest BCUT2D eigenvalue weighted by atomic mass is 10.00. The predicted molar refractivity (Wildman–Crippen MR) is 103 cm³/mol. The minimum Gasteiger partial charge on any atom is -0.336 e. The molecule has 1 aliphatic heterocycles. The van der Waals surface area contributed by atoms with Gasteiger partial charge in [-0.1, -0.05) is 19.1 Å². The van der Waals surface area contributed by atoms with Crippen molar-refractivity contribution < 1.29 is 9.18 Å². The summed E-state index contributed by atoms with van der Waals surface area (Å²) in [7, 11) is 1.87. The molecule has 28 heavy (non-hydrogen) atoms. The molecule has 0 saturated heterocycles. The van der Waals surface area contributed by atoms with Crippen molar-refractivity contribution in [3.05, 3.63) is 65.0 Å². The average Bonchev–Trinajstić information content (AvgIpc) is 3.14. The van der Waals surface area contributed by atoms with Crippen LogP contribution in [0.4, 0.5) is 4.39 Å². The van der Waals surface area contributed by atoms with Crippen LogP contribution in [-0.2, 0) is 31.2 Å². The highest BCUT2D eigenvalue weighted by Gasteiger charge is 2.25. The first-order valence-corrected chi connectivity index (χ1v) is 9.44. The Kier molecular flexibility index (Phi) is 4.90. The lowest BCUT2D eigenvalue weighted by Gasteiger charge is -2.29. The van der Waals surface area contributed by atoms with Crippen molar-refractivity contribution in [1.29, 1.82) is 0 Å². The van der Waals surface area contributed by atoms with Crippen LogP contribution in [0.2, 0.25) is 0 Å². The molecule has 2 aromatic heterocycles. The standard InChI is InChI=1S/C21H22FN5O/c1-3-20(28)27-11-8-16-18(13-27)23-19(12-14-4-6-15(22)7-5-14)24-21(16)17-9-10-26(2)25-17/h4-7,9-10H,3,8,11-13H2,1-2H3. The fourth-order valence-corrected chi connectivity index (χ4v) is 3.54. The van der Waals surface area contributed by atoms with Crippen LogP contribution in [0.3, 0.4) is 0 Å². The minimum absolute atomic E-state index is 0.128. The summed E-state index contributed by atoms with van der Waals surface area (Å²) in [6, 6.07) is 8.30. The molecule has 0 N–H and O–H groups in total. The maximum Gasteiger partial charge on any atom is 0.222 e. The average molecular weight is 379 g/mol. The molecule has 1 amide bonds. The van der Waals surface area contributed by atoms with Crippen molar-refractivity contribution in [2.24, 2.45) is 7.05 Å². The summed E-state index contributed by atoms with van der Waals surface area (Å²) in [6.45, 7) is 3.03. The highest BCUT2D eigenvalue weighted by molar-refractivity contribution is 5.76. The number of amides is 1. The van der Waals surface area contributed by atoms with Gasteiger partial charge in [0.15, 0.2) is 0 Å². The molecule has 0 unspecified atom stereocenters. The van der Waals surface area contributed by atoms with Crippen molar-refractivity contribution >= 4 is 5.91 Å². The molecule has 144 valence electrons. The zero-order valence-corrected chi connectivity index (χ0v) is 16.0. The molecule has 0 spiro atoms. The Balaban J connectivity index is 1.75. The Bertz CT molecular complexity index is 1010. The fraction of sp³-hybridized carbons (Fsp3) is 0.333. The van der Waals surface area contributed by atoms with Gasteiger partial charge in [0.1, 0.15) is 17.3 Å². The van der Waals surface area contributed by atoms with Gasteiger partial charge in [-0.05, 0) is 30.2 Å². The Hall–Kier alpha value is -3.09. The van der Waals surface area contributed by atoms with Crippen LogP contribution in [-0.4, -0.2) is 37.1 Å². The molecule has 0 saturated carbocycles. The van der Waals surface area contributed by atoms with Gasteiger partial charge in [-0.3, -0.25) is 9.48 Å². The number of nitrogens with zero attached hydrogens (tertiary/aromatic N) is 5. The quantitative estimate of drug-likeness (QED) is 0.699. The van der Waals surface area contributed by atoms with Crippen LogP contribution >= 0.6 is 0 Å². The normalized spacial score (nSPS) is 13.5. The molecule has 0 radical (unpaired) electrons. The van der Waals surface area contributed by atoms with Crippen LogP contribution < -0.4 is 0 Å². The SMILES string of the molecule is CCC(=O)N1CCc2c(nc(Cc3ccc(F)cc3)nc2-c2ccn(C)n2)C1. The number of benzene rings is 1. The summed E-state index contributed by atoms with van der Waals surface area (Å²) >= 11 is 0. The number of hydrogen-bond donors (Lipinski definition) is 0. The second-order valence-electron chi connectivity index (χ2n) is 7.01. The number of carbonyl (C=O) groups is 1. The van der Waals surface area contributed by atoms with E-state index in [-0.39, 0.29) is 11.7 Å². The van der Waals surface area contributed by atoms with Crippen LogP contribution in [0.1, 0.15) is 36.0 Å². The number of fused-ring (bicyclic) bond motifs is 1. The first kappa shape index (κ1) is 18.3. The van der Waals surface area contributed by atoms with E-state index in [0.717, 1.165) is 28.2 Å². The number of halogens is 1. The number of aryl methyl sites for hydroxylation is 1. The van der Waals surface area contributed by atoms with Gasteiger partial charge >= 0.3 is 0 Å². The Morgan fingerprint density at radius 2 is 1.96 bits per heavy atom. The maximum atomic E-state index is 13.2. The van der Waals surface area contributed by atoms with Gasteiger partial charge in [-0.15, -0.1) is 0 Å². The van der Waals surface area contributed by atoms with E-state index in [4.69, 9.17) is 9.97 Å². The molecule has 1 aliphatic rings. The molecule has 4 rings (SSSR count). The summed E-state index contributed by atoms with van der Waals surface area (Å²) < 4.78 is 15.0. The highest BCUT2D eigenvalue weighted by Crippen LogP contribution is 2.28. The van der Waals surface area contributed by atoms with Gasteiger partial charge < -0.3 is 4.90 Å². The summed E-state index contributed by atoms with van der Waals surface area (Å²) in [5.41, 5.74) is 4.50. The van der Waals surface area contributed by atoms with E-state index in [1.807, 2.05) is 31.1 Å². The second kappa shape index (κ2) is 7.50. The van der Waals surface area contributed by atoms with Crippen molar-refractivity contribution in [2.45, 2.75) is 32.7 Å². The molecule has 3 aromatic rings. The lowest BCUT2D eigenvalue weighted by Crippen LogP contribution is -2.36. The minimum atomic E-state index is -0.266. The third kappa shape index (κ3) is 3.65. The van der Waals surface area contributed by atoms with Crippen LogP contribution in [0, 0.1) is 5.82 Å². The fourth-order valence-electron chi connectivity index (χ4n) is 3.54. The van der Waals surface area contributed by atoms with Crippen molar-refractivity contribution in [2.75, 3.05) is 6.54 Å². The Morgan fingerprint density at radius 3 is 2.64 bits per heavy atom. The first-order chi connectivity index (χ1) is 13.5. The molecule has 0 atom stereocenters. The van der Waals surface area contributed by atoms with Gasteiger partial charge in [0.2, 0.25) is 5.91 Å². The summed E-state index contributed by atoms with van der Waals surface area (Å²) in [5.74, 6) is 0.513. The van der Waals surface area contributed by atoms with Crippen LogP contribution in [0.15, 0.2) is 36.5 Å². The highest BCUT2D eigenvalue weighted by atomic mass is 19.1. The third-order valence-electron chi connectivity index (χ3n) is 5.00. The summed E-state index contributed by atoms with van der Waals surface area (Å²) in [5, 5.41) is 4.52. The first-order valence-electron chi connectivity index (χ1n) is 9.44. The van der Waals surface area contributed by atoms with Gasteiger partial charge in [0.25, 0.3) is 0 Å². The third-order valence-corrected chi connectivity index (χ3v) is 5.00. The van der Waals surface area contributed by atoms with Crippen molar-refractivity contribution in [3.63, 3.8) is 0 Å². The number of carbonyl (C=O) groups excluding carboxylic acids is 1. The van der Waals surface area contributed by atoms with E-state index in [0.29, 0.717) is 38.2 Å². The van der Waals surface area contributed by atoms with Crippen molar-refractivity contribution in [1.82, 2.24) is 24.6 Å². The molecule has 3 heterocycles. The number of aromatic nitrogens is 4. The second-order valence-corrected chi connectivity index (χ2v) is 7.01. The molecular formula is C21H22FN5O. The molecular weight excluding hydrogens is 357 g/mol. The van der Waals surface area contributed by atoms with E-state index in [1.165, 1.54) is 12.1 Å². The van der Waals surface area contributed by atoms with Crippen LogP contribution in [0.5, 0.6) is 0 Å². The number of rotatable bonds is 4. The Labute approximate surface area is 163 Å². The van der Waals surface area contributed by atoms with E-state index < -0.39 is 0 Å². The summed E-state index contributed by atoms with van der Waals surface area (Å²) in [6.07, 6.45) is 3.58. The van der Waals surface area contributed by atoms with E-state index in [9.17, 15) is 9.18 Å². The van der Waals surface area contributed by atoms with Gasteiger partial charge in [-0.2, -0.15) is 5.10 Å². The van der Waals surface area contributed by atoms with E-state index in [2.05, 4.69) is 5.10 Å². The molecule has 0 fully saturated rings. The van der Waals surface area contributed by atoms with E-state index in [1.54, 1.807) is 16.8 Å². The largest absolute Gasteiger partial charge is 0.336 e. The lowest BCUT2D eigenvalue weighted by molar-refractivity contribution is -0.131. The zero-order chi connectivity index (χ0) is 19.7. The molecule has 0 bridgehead atoms. The number of hydrogen-bond acceptors (Lipinski definition) is 4. The van der Waals surface area contributed by atoms with E-state index >= 15 is 0 Å². The smallest absolute Gasteiger partial charge is 0.222 e. The van der Waals surface area contributed by atoms with Crippen LogP contribution in [0.25, 0.3) is 11.4 Å². The topological polar surface area (TPSA) is 63.9 Å².